The van der Waals surface area contributed by atoms with Crippen molar-refractivity contribution in [2.24, 2.45) is 0 Å². The first-order chi connectivity index (χ1) is 8.92. The van der Waals surface area contributed by atoms with Crippen LogP contribution in [-0.2, 0) is 0 Å². The Morgan fingerprint density at radius 1 is 1.17 bits per heavy atom. The maximum Gasteiger partial charge on any atom is 0.146 e. The Hall–Kier alpha value is -2.16. The number of hydrogen-bond donors (Lipinski definition) is 0. The van der Waals surface area contributed by atoms with Crippen molar-refractivity contribution in [2.45, 2.75) is 18.8 Å². The van der Waals surface area contributed by atoms with Crippen LogP contribution in [0.5, 0.6) is 0 Å². The summed E-state index contributed by atoms with van der Waals surface area (Å²) in [6, 6.07) is 10.6. The highest BCUT2D eigenvalue weighted by atomic mass is 15.1. The van der Waals surface area contributed by atoms with E-state index in [4.69, 9.17) is 4.98 Å². The van der Waals surface area contributed by atoms with Crippen LogP contribution < -0.4 is 0 Å². The predicted octanol–water partition coefficient (Wildman–Crippen LogP) is 3.30. The van der Waals surface area contributed by atoms with Crippen LogP contribution in [0, 0.1) is 0 Å². The highest BCUT2D eigenvalue weighted by molar-refractivity contribution is 5.89. The molecule has 1 fully saturated rings. The predicted molar refractivity (Wildman–Crippen MR) is 70.8 cm³/mol. The molecule has 3 aromatic rings. The minimum atomic E-state index is 0.664. The average molecular weight is 235 g/mol. The summed E-state index contributed by atoms with van der Waals surface area (Å²) < 4.78 is 1.99. The summed E-state index contributed by atoms with van der Waals surface area (Å²) in [5.74, 6) is 1.66. The number of imidazole rings is 1. The lowest BCUT2D eigenvalue weighted by molar-refractivity contribution is 0.950. The van der Waals surface area contributed by atoms with Gasteiger partial charge in [-0.3, -0.25) is 4.57 Å². The lowest BCUT2D eigenvalue weighted by Crippen LogP contribution is -1.99. The van der Waals surface area contributed by atoms with Gasteiger partial charge in [0.2, 0.25) is 0 Å². The topological polar surface area (TPSA) is 30.7 Å². The molecule has 0 spiro atoms. The van der Waals surface area contributed by atoms with Gasteiger partial charge in [0.25, 0.3) is 0 Å². The van der Waals surface area contributed by atoms with Crippen molar-refractivity contribution in [1.82, 2.24) is 14.5 Å². The van der Waals surface area contributed by atoms with E-state index in [-0.39, 0.29) is 0 Å². The third-order valence-corrected chi connectivity index (χ3v) is 3.48. The Bertz CT molecular complexity index is 697. The van der Waals surface area contributed by atoms with Gasteiger partial charge >= 0.3 is 0 Å². The van der Waals surface area contributed by atoms with Crippen LogP contribution in [0.15, 0.2) is 49.1 Å². The molecule has 2 aromatic heterocycles. The fourth-order valence-electron chi connectivity index (χ4n) is 2.37. The van der Waals surface area contributed by atoms with Gasteiger partial charge in [0.15, 0.2) is 0 Å². The van der Waals surface area contributed by atoms with Crippen molar-refractivity contribution < 1.29 is 0 Å². The zero-order chi connectivity index (χ0) is 11.9. The second-order valence-electron chi connectivity index (χ2n) is 4.84. The molecule has 0 unspecified atom stereocenters. The monoisotopic (exact) mass is 235 g/mol. The quantitative estimate of drug-likeness (QED) is 0.682. The Kier molecular flexibility index (Phi) is 2.00. The van der Waals surface area contributed by atoms with E-state index < -0.39 is 0 Å². The standard InChI is InChI=1S/C15H13N3/c1-2-4-13-12(3-1)9-14(11-5-6-11)17-15(13)18-8-7-16-10-18/h1-4,7-11H,5-6H2. The molecule has 0 bridgehead atoms. The summed E-state index contributed by atoms with van der Waals surface area (Å²) >= 11 is 0. The molecule has 1 aromatic carbocycles. The minimum absolute atomic E-state index is 0.664. The largest absolute Gasteiger partial charge is 0.290 e. The highest BCUT2D eigenvalue weighted by Crippen LogP contribution is 2.40. The molecule has 0 amide bonds. The van der Waals surface area contributed by atoms with Crippen LogP contribution >= 0.6 is 0 Å². The van der Waals surface area contributed by atoms with Gasteiger partial charge in [-0.2, -0.15) is 0 Å². The lowest BCUT2D eigenvalue weighted by Gasteiger charge is -2.09. The first kappa shape index (κ1) is 9.83. The molecule has 0 atom stereocenters. The van der Waals surface area contributed by atoms with Gasteiger partial charge in [-0.05, 0) is 24.3 Å². The molecule has 1 aliphatic rings. The van der Waals surface area contributed by atoms with Gasteiger partial charge < -0.3 is 0 Å². The third-order valence-electron chi connectivity index (χ3n) is 3.48. The molecule has 0 N–H and O–H groups in total. The van der Waals surface area contributed by atoms with E-state index in [0.717, 1.165) is 5.82 Å². The van der Waals surface area contributed by atoms with Crippen molar-refractivity contribution in [3.63, 3.8) is 0 Å². The molecule has 3 nitrogen and oxygen atoms in total. The lowest BCUT2D eigenvalue weighted by atomic mass is 10.1. The maximum absolute atomic E-state index is 4.83. The van der Waals surface area contributed by atoms with Gasteiger partial charge in [0, 0.05) is 29.4 Å². The SMILES string of the molecule is c1ccc2c(-n3ccnc3)nc(C3CC3)cc2c1. The Labute approximate surface area is 105 Å². The van der Waals surface area contributed by atoms with Crippen molar-refractivity contribution >= 4 is 10.8 Å². The number of aromatic nitrogens is 3. The number of nitrogens with zero attached hydrogens (tertiary/aromatic N) is 3. The van der Waals surface area contributed by atoms with Crippen molar-refractivity contribution in [3.05, 3.63) is 54.7 Å². The maximum atomic E-state index is 4.83. The number of hydrogen-bond acceptors (Lipinski definition) is 2. The van der Waals surface area contributed by atoms with E-state index in [9.17, 15) is 0 Å². The van der Waals surface area contributed by atoms with E-state index >= 15 is 0 Å². The molecule has 88 valence electrons. The van der Waals surface area contributed by atoms with Crippen LogP contribution in [0.25, 0.3) is 16.6 Å². The summed E-state index contributed by atoms with van der Waals surface area (Å²) in [4.78, 5) is 8.95. The van der Waals surface area contributed by atoms with Gasteiger partial charge in [-0.25, -0.2) is 9.97 Å². The molecule has 3 heteroatoms. The summed E-state index contributed by atoms with van der Waals surface area (Å²) in [6.45, 7) is 0. The van der Waals surface area contributed by atoms with Crippen LogP contribution in [0.1, 0.15) is 24.5 Å². The normalized spacial score (nSPS) is 15.1. The van der Waals surface area contributed by atoms with Crippen LogP contribution in [-0.4, -0.2) is 14.5 Å². The van der Waals surface area contributed by atoms with Crippen molar-refractivity contribution in [3.8, 4) is 5.82 Å². The number of benzene rings is 1. The smallest absolute Gasteiger partial charge is 0.146 e. The first-order valence-electron chi connectivity index (χ1n) is 6.30. The number of fused-ring (bicyclic) bond motifs is 1. The van der Waals surface area contributed by atoms with Crippen LogP contribution in [0.4, 0.5) is 0 Å². The van der Waals surface area contributed by atoms with Gasteiger partial charge in [0.1, 0.15) is 12.1 Å². The van der Waals surface area contributed by atoms with Gasteiger partial charge in [0.05, 0.1) is 0 Å². The van der Waals surface area contributed by atoms with E-state index in [1.165, 1.54) is 29.3 Å². The van der Waals surface area contributed by atoms with E-state index in [2.05, 4.69) is 35.3 Å². The summed E-state index contributed by atoms with van der Waals surface area (Å²) in [5, 5.41) is 2.44. The molecule has 0 radical (unpaired) electrons. The molecule has 4 rings (SSSR count). The van der Waals surface area contributed by atoms with E-state index in [1.807, 2.05) is 17.1 Å². The average Bonchev–Trinajstić information content (AvgIpc) is 3.13. The Morgan fingerprint density at radius 2 is 2.06 bits per heavy atom. The molecule has 0 saturated heterocycles. The molecule has 1 saturated carbocycles. The van der Waals surface area contributed by atoms with Crippen LogP contribution in [0.3, 0.4) is 0 Å². The summed E-state index contributed by atoms with van der Waals surface area (Å²) in [6.07, 6.45) is 8.10. The molecular weight excluding hydrogens is 222 g/mol. The number of rotatable bonds is 2. The summed E-state index contributed by atoms with van der Waals surface area (Å²) in [5.41, 5.74) is 1.22. The van der Waals surface area contributed by atoms with Crippen LogP contribution in [0.2, 0.25) is 0 Å². The molecule has 1 aliphatic carbocycles. The Balaban J connectivity index is 2.03. The highest BCUT2D eigenvalue weighted by Gasteiger charge is 2.26. The molecule has 0 aliphatic heterocycles. The first-order valence-corrected chi connectivity index (χ1v) is 6.30. The third kappa shape index (κ3) is 1.51. The van der Waals surface area contributed by atoms with Gasteiger partial charge in [-0.15, -0.1) is 0 Å². The van der Waals surface area contributed by atoms with E-state index in [0.29, 0.717) is 5.92 Å². The van der Waals surface area contributed by atoms with Gasteiger partial charge in [-0.1, -0.05) is 24.3 Å². The second-order valence-corrected chi connectivity index (χ2v) is 4.84. The fraction of sp³-hybridized carbons (Fsp3) is 0.200. The Morgan fingerprint density at radius 3 is 2.83 bits per heavy atom. The second kappa shape index (κ2) is 3.67. The van der Waals surface area contributed by atoms with E-state index in [1.54, 1.807) is 6.20 Å². The fourth-order valence-corrected chi connectivity index (χ4v) is 2.37. The molecule has 18 heavy (non-hydrogen) atoms. The number of pyridine rings is 1. The van der Waals surface area contributed by atoms with Crippen molar-refractivity contribution in [2.75, 3.05) is 0 Å². The molecular formula is C15H13N3. The minimum Gasteiger partial charge on any atom is -0.290 e. The zero-order valence-corrected chi connectivity index (χ0v) is 9.95. The summed E-state index contributed by atoms with van der Waals surface area (Å²) in [7, 11) is 0. The van der Waals surface area contributed by atoms with Crippen molar-refractivity contribution in [1.29, 1.82) is 0 Å². The molecule has 2 heterocycles. The zero-order valence-electron chi connectivity index (χ0n) is 9.95.